The summed E-state index contributed by atoms with van der Waals surface area (Å²) in [6.07, 6.45) is 0.426. The van der Waals surface area contributed by atoms with Crippen molar-refractivity contribution in [3.05, 3.63) is 0 Å². The Morgan fingerprint density at radius 1 is 1.75 bits per heavy atom. The van der Waals surface area contributed by atoms with Gasteiger partial charge >= 0.3 is 0 Å². The Kier molecular flexibility index (Phi) is 4.76. The highest BCUT2D eigenvalue weighted by molar-refractivity contribution is 6.18. The summed E-state index contributed by atoms with van der Waals surface area (Å²) >= 11 is 5.27. The summed E-state index contributed by atoms with van der Waals surface area (Å²) < 4.78 is 0. The smallest absolute Gasteiger partial charge is 0.221 e. The highest BCUT2D eigenvalue weighted by Gasteiger charge is 1.93. The number of amides is 1. The van der Waals surface area contributed by atoms with Crippen LogP contribution in [-0.2, 0) is 4.79 Å². The maximum atomic E-state index is 10.4. The van der Waals surface area contributed by atoms with Crippen LogP contribution in [0.1, 0.15) is 13.3 Å². The van der Waals surface area contributed by atoms with Crippen LogP contribution in [0.5, 0.6) is 0 Å². The van der Waals surface area contributed by atoms with E-state index in [1.807, 2.05) is 6.92 Å². The molecule has 0 spiro atoms. The number of carbonyl (C=O) groups is 1. The van der Waals surface area contributed by atoms with E-state index in [0.29, 0.717) is 18.8 Å². The van der Waals surface area contributed by atoms with E-state index in [4.69, 9.17) is 11.6 Å². The van der Waals surface area contributed by atoms with Gasteiger partial charge in [0.1, 0.15) is 0 Å². The third-order valence-corrected chi connectivity index (χ3v) is 0.884. The summed E-state index contributed by atoms with van der Waals surface area (Å²) in [7, 11) is 0. The topological polar surface area (TPSA) is 29.1 Å². The maximum Gasteiger partial charge on any atom is 0.221 e. The summed E-state index contributed by atoms with van der Waals surface area (Å²) in [5.74, 6) is 0.439. The molecule has 2 nitrogen and oxygen atoms in total. The van der Waals surface area contributed by atoms with Gasteiger partial charge in [-0.2, -0.15) is 0 Å². The Hall–Kier alpha value is -0.240. The van der Waals surface area contributed by atoms with Gasteiger partial charge in [0, 0.05) is 18.8 Å². The summed E-state index contributed by atoms with van der Waals surface area (Å²) in [6, 6.07) is 0. The molecule has 0 aromatic carbocycles. The average Bonchev–Trinajstić information content (AvgIpc) is 1.68. The largest absolute Gasteiger partial charge is 0.356 e. The van der Waals surface area contributed by atoms with E-state index in [9.17, 15) is 4.79 Å². The number of nitrogens with one attached hydrogen (secondary N) is 1. The highest BCUT2D eigenvalue weighted by atomic mass is 35.5. The summed E-state index contributed by atoms with van der Waals surface area (Å²) in [6.45, 7) is 2.57. The number of rotatable bonds is 3. The molecular weight excluding hydrogens is 126 g/mol. The van der Waals surface area contributed by atoms with Crippen LogP contribution in [0.25, 0.3) is 0 Å². The van der Waals surface area contributed by atoms with E-state index >= 15 is 0 Å². The van der Waals surface area contributed by atoms with Gasteiger partial charge in [0.05, 0.1) is 0 Å². The maximum absolute atomic E-state index is 10.4. The lowest BCUT2D eigenvalue weighted by molar-refractivity contribution is -0.120. The molecule has 1 N–H and O–H groups in total. The quantitative estimate of drug-likeness (QED) is 0.569. The second-order valence-corrected chi connectivity index (χ2v) is 1.77. The first-order valence-electron chi connectivity index (χ1n) is 2.64. The van der Waals surface area contributed by atoms with Gasteiger partial charge < -0.3 is 5.32 Å². The first-order valence-corrected chi connectivity index (χ1v) is 3.17. The van der Waals surface area contributed by atoms with Crippen molar-refractivity contribution in [1.29, 1.82) is 0 Å². The predicted octanol–water partition coefficient (Wildman–Crippen LogP) is 0.751. The molecule has 0 aliphatic heterocycles. The average molecular weight is 136 g/mol. The van der Waals surface area contributed by atoms with Gasteiger partial charge in [-0.15, -0.1) is 11.6 Å². The van der Waals surface area contributed by atoms with Crippen LogP contribution in [0.2, 0.25) is 0 Å². The zero-order chi connectivity index (χ0) is 6.41. The molecule has 0 rings (SSSR count). The van der Waals surface area contributed by atoms with Crippen molar-refractivity contribution in [3.63, 3.8) is 0 Å². The van der Waals surface area contributed by atoms with E-state index in [2.05, 4.69) is 5.32 Å². The van der Waals surface area contributed by atoms with E-state index in [1.54, 1.807) is 0 Å². The molecule has 0 radical (unpaired) electrons. The summed E-state index contributed by atoms with van der Waals surface area (Å²) in [4.78, 5) is 10.4. The lowest BCUT2D eigenvalue weighted by atomic mass is 10.4. The third-order valence-electron chi connectivity index (χ3n) is 0.695. The lowest BCUT2D eigenvalue weighted by Crippen LogP contribution is -2.22. The van der Waals surface area contributed by atoms with Gasteiger partial charge in [-0.1, -0.05) is 0 Å². The molecule has 0 aliphatic carbocycles. The van der Waals surface area contributed by atoms with Crippen LogP contribution in [0, 0.1) is 0 Å². The van der Waals surface area contributed by atoms with Crippen molar-refractivity contribution in [2.24, 2.45) is 0 Å². The SMILES string of the molecule is CCNC(=O)CCCl. The molecule has 0 saturated heterocycles. The number of carbonyl (C=O) groups excluding carboxylic acids is 1. The normalized spacial score (nSPS) is 8.75. The van der Waals surface area contributed by atoms with Crippen molar-refractivity contribution in [1.82, 2.24) is 5.32 Å². The van der Waals surface area contributed by atoms with Crippen molar-refractivity contribution >= 4 is 17.5 Å². The molecule has 3 heteroatoms. The Morgan fingerprint density at radius 3 is 2.75 bits per heavy atom. The molecule has 8 heavy (non-hydrogen) atoms. The van der Waals surface area contributed by atoms with Gasteiger partial charge in [0.15, 0.2) is 0 Å². The van der Waals surface area contributed by atoms with Crippen LogP contribution in [0.3, 0.4) is 0 Å². The first kappa shape index (κ1) is 7.76. The molecule has 0 bridgehead atoms. The van der Waals surface area contributed by atoms with E-state index in [0.717, 1.165) is 0 Å². The van der Waals surface area contributed by atoms with Crippen LogP contribution in [0.4, 0.5) is 0 Å². The van der Waals surface area contributed by atoms with Gasteiger partial charge in [-0.25, -0.2) is 0 Å². The minimum atomic E-state index is 0.0301. The predicted molar refractivity (Wildman–Crippen MR) is 34.0 cm³/mol. The Bertz CT molecular complexity index is 66.8. The molecule has 0 unspecified atom stereocenters. The monoisotopic (exact) mass is 135 g/mol. The standard InChI is InChI=1S/C5H10ClNO/c1-2-7-5(8)3-4-6/h2-4H2,1H3,(H,7,8). The zero-order valence-electron chi connectivity index (χ0n) is 4.91. The number of hydrogen-bond acceptors (Lipinski definition) is 1. The molecule has 1 amide bonds. The van der Waals surface area contributed by atoms with Crippen molar-refractivity contribution in [2.75, 3.05) is 12.4 Å². The van der Waals surface area contributed by atoms with E-state index in [1.165, 1.54) is 0 Å². The van der Waals surface area contributed by atoms with Crippen LogP contribution in [0.15, 0.2) is 0 Å². The Labute approximate surface area is 54.2 Å². The third kappa shape index (κ3) is 3.93. The van der Waals surface area contributed by atoms with Gasteiger partial charge in [-0.3, -0.25) is 4.79 Å². The fourth-order valence-electron chi connectivity index (χ4n) is 0.371. The molecule has 0 heterocycles. The highest BCUT2D eigenvalue weighted by Crippen LogP contribution is 1.82. The van der Waals surface area contributed by atoms with E-state index < -0.39 is 0 Å². The molecule has 0 aromatic heterocycles. The number of alkyl halides is 1. The number of halogens is 1. The summed E-state index contributed by atoms with van der Waals surface area (Å²) in [5.41, 5.74) is 0. The zero-order valence-corrected chi connectivity index (χ0v) is 5.66. The van der Waals surface area contributed by atoms with Gasteiger partial charge in [0.2, 0.25) is 5.91 Å². The number of hydrogen-bond donors (Lipinski definition) is 1. The molecular formula is C5H10ClNO. The lowest BCUT2D eigenvalue weighted by Gasteiger charge is -1.95. The Morgan fingerprint density at radius 2 is 2.38 bits per heavy atom. The Balaban J connectivity index is 3.06. The fraction of sp³-hybridized carbons (Fsp3) is 0.800. The van der Waals surface area contributed by atoms with Gasteiger partial charge in [-0.05, 0) is 6.92 Å². The van der Waals surface area contributed by atoms with Gasteiger partial charge in [0.25, 0.3) is 0 Å². The van der Waals surface area contributed by atoms with Crippen LogP contribution >= 0.6 is 11.6 Å². The fourth-order valence-corrected chi connectivity index (χ4v) is 0.543. The molecule has 0 atom stereocenters. The van der Waals surface area contributed by atoms with Crippen molar-refractivity contribution in [2.45, 2.75) is 13.3 Å². The summed E-state index contributed by atoms with van der Waals surface area (Å²) in [5, 5.41) is 2.62. The van der Waals surface area contributed by atoms with Crippen LogP contribution < -0.4 is 5.32 Å². The molecule has 0 saturated carbocycles. The molecule has 0 aliphatic rings. The van der Waals surface area contributed by atoms with Crippen molar-refractivity contribution < 1.29 is 4.79 Å². The molecule has 0 fully saturated rings. The minimum Gasteiger partial charge on any atom is -0.356 e. The van der Waals surface area contributed by atoms with Crippen molar-refractivity contribution in [3.8, 4) is 0 Å². The van der Waals surface area contributed by atoms with E-state index in [-0.39, 0.29) is 5.91 Å². The second kappa shape index (κ2) is 4.91. The first-order chi connectivity index (χ1) is 3.81. The van der Waals surface area contributed by atoms with Crippen LogP contribution in [-0.4, -0.2) is 18.3 Å². The molecule has 0 aromatic rings. The molecule has 48 valence electrons. The second-order valence-electron chi connectivity index (χ2n) is 1.39. The minimum absolute atomic E-state index is 0.0301.